The Morgan fingerprint density at radius 2 is 2.41 bits per heavy atom. The molecule has 0 aromatic carbocycles. The van der Waals surface area contributed by atoms with Crippen molar-refractivity contribution >= 4 is 34.8 Å². The van der Waals surface area contributed by atoms with Crippen molar-refractivity contribution in [1.82, 2.24) is 10.3 Å². The molecule has 1 aliphatic rings. The summed E-state index contributed by atoms with van der Waals surface area (Å²) < 4.78 is 0. The van der Waals surface area contributed by atoms with Crippen LogP contribution in [0.2, 0.25) is 0 Å². The summed E-state index contributed by atoms with van der Waals surface area (Å²) in [6.07, 6.45) is 3.61. The van der Waals surface area contributed by atoms with Gasteiger partial charge < -0.3 is 10.6 Å². The van der Waals surface area contributed by atoms with Crippen LogP contribution in [0.15, 0.2) is 6.20 Å². The van der Waals surface area contributed by atoms with Gasteiger partial charge in [-0.1, -0.05) is 0 Å². The van der Waals surface area contributed by atoms with Gasteiger partial charge in [-0.25, -0.2) is 4.98 Å². The van der Waals surface area contributed by atoms with Crippen molar-refractivity contribution in [3.8, 4) is 0 Å². The summed E-state index contributed by atoms with van der Waals surface area (Å²) in [6.45, 7) is 5.03. The fourth-order valence-electron chi connectivity index (χ4n) is 1.99. The number of nitrogens with one attached hydrogen (secondary N) is 2. The van der Waals surface area contributed by atoms with Crippen LogP contribution < -0.4 is 10.6 Å². The number of amides is 1. The molecule has 96 valence electrons. The smallest absolute Gasteiger partial charge is 0.229 e. The molecule has 0 unspecified atom stereocenters. The van der Waals surface area contributed by atoms with Gasteiger partial charge in [-0.15, -0.1) is 23.7 Å². The van der Waals surface area contributed by atoms with Gasteiger partial charge in [-0.05, 0) is 33.2 Å². The highest BCUT2D eigenvalue weighted by Crippen LogP contribution is 2.21. The standard InChI is InChI=1S/C11H17N3OS.ClH/c1-7-5-9(3-4-12-7)10(15)14-11-13-6-8(2)16-11;/h6-7,9,12H,3-5H2,1-2H3,(H,13,14,15);1H/t7-,9-;/m0./s1. The Morgan fingerprint density at radius 3 is 3.00 bits per heavy atom. The van der Waals surface area contributed by atoms with Crippen LogP contribution in [0.1, 0.15) is 24.6 Å². The fourth-order valence-corrected chi connectivity index (χ4v) is 2.66. The molecule has 1 aliphatic heterocycles. The number of hydrogen-bond donors (Lipinski definition) is 2. The molecule has 6 heteroatoms. The predicted molar refractivity (Wildman–Crippen MR) is 72.9 cm³/mol. The second-order valence-corrected chi connectivity index (χ2v) is 5.58. The van der Waals surface area contributed by atoms with Gasteiger partial charge in [-0.3, -0.25) is 4.79 Å². The van der Waals surface area contributed by atoms with Gasteiger partial charge >= 0.3 is 0 Å². The van der Waals surface area contributed by atoms with Gasteiger partial charge in [0.2, 0.25) is 5.91 Å². The number of carbonyl (C=O) groups is 1. The van der Waals surface area contributed by atoms with E-state index in [0.29, 0.717) is 11.2 Å². The maximum absolute atomic E-state index is 12.0. The van der Waals surface area contributed by atoms with E-state index in [4.69, 9.17) is 0 Å². The van der Waals surface area contributed by atoms with Crippen LogP contribution in [0, 0.1) is 12.8 Å². The second kappa shape index (κ2) is 6.33. The molecule has 1 saturated heterocycles. The number of rotatable bonds is 2. The van der Waals surface area contributed by atoms with Crippen LogP contribution in [0.3, 0.4) is 0 Å². The monoisotopic (exact) mass is 275 g/mol. The Kier molecular flexibility index (Phi) is 5.36. The van der Waals surface area contributed by atoms with E-state index >= 15 is 0 Å². The van der Waals surface area contributed by atoms with Gasteiger partial charge in [0.05, 0.1) is 0 Å². The van der Waals surface area contributed by atoms with Gasteiger partial charge in [-0.2, -0.15) is 0 Å². The van der Waals surface area contributed by atoms with E-state index in [2.05, 4.69) is 22.5 Å². The van der Waals surface area contributed by atoms with E-state index in [1.807, 2.05) is 6.92 Å². The highest BCUT2D eigenvalue weighted by Gasteiger charge is 2.25. The Hall–Kier alpha value is -0.650. The van der Waals surface area contributed by atoms with E-state index < -0.39 is 0 Å². The molecular formula is C11H18ClN3OS. The first-order valence-electron chi connectivity index (χ1n) is 5.62. The van der Waals surface area contributed by atoms with Crippen molar-refractivity contribution in [3.05, 3.63) is 11.1 Å². The molecule has 0 saturated carbocycles. The first-order valence-corrected chi connectivity index (χ1v) is 6.43. The zero-order valence-electron chi connectivity index (χ0n) is 10.0. The lowest BCUT2D eigenvalue weighted by molar-refractivity contribution is -0.120. The van der Waals surface area contributed by atoms with Crippen molar-refractivity contribution in [2.45, 2.75) is 32.7 Å². The number of hydrogen-bond acceptors (Lipinski definition) is 4. The molecule has 2 heterocycles. The molecular weight excluding hydrogens is 258 g/mol. The van der Waals surface area contributed by atoms with E-state index in [0.717, 1.165) is 24.3 Å². The molecule has 1 amide bonds. The minimum absolute atomic E-state index is 0. The predicted octanol–water partition coefficient (Wildman–Crippen LogP) is 2.20. The molecule has 4 nitrogen and oxygen atoms in total. The van der Waals surface area contributed by atoms with Crippen molar-refractivity contribution in [3.63, 3.8) is 0 Å². The maximum atomic E-state index is 12.0. The number of halogens is 1. The molecule has 1 aromatic rings. The highest BCUT2D eigenvalue weighted by atomic mass is 35.5. The highest BCUT2D eigenvalue weighted by molar-refractivity contribution is 7.15. The molecule has 0 spiro atoms. The Labute approximate surface area is 112 Å². The lowest BCUT2D eigenvalue weighted by Gasteiger charge is -2.26. The molecule has 2 N–H and O–H groups in total. The van der Waals surface area contributed by atoms with Crippen molar-refractivity contribution < 1.29 is 4.79 Å². The minimum atomic E-state index is 0. The number of carbonyl (C=O) groups excluding carboxylic acids is 1. The van der Waals surface area contributed by atoms with E-state index in [1.54, 1.807) is 6.20 Å². The fraction of sp³-hybridized carbons (Fsp3) is 0.636. The number of aryl methyl sites for hydroxylation is 1. The molecule has 2 rings (SSSR count). The van der Waals surface area contributed by atoms with Crippen LogP contribution in [0.25, 0.3) is 0 Å². The Bertz CT molecular complexity index is 383. The number of thiazole rings is 1. The normalized spacial score (nSPS) is 23.9. The minimum Gasteiger partial charge on any atom is -0.314 e. The third kappa shape index (κ3) is 3.94. The summed E-state index contributed by atoms with van der Waals surface area (Å²) in [6, 6.07) is 0.433. The van der Waals surface area contributed by atoms with E-state index in [-0.39, 0.29) is 24.2 Å². The average Bonchev–Trinajstić information content (AvgIpc) is 2.64. The summed E-state index contributed by atoms with van der Waals surface area (Å²) in [4.78, 5) is 17.2. The first kappa shape index (κ1) is 14.4. The van der Waals surface area contributed by atoms with Gasteiger partial charge in [0.15, 0.2) is 5.13 Å². The van der Waals surface area contributed by atoms with Crippen molar-refractivity contribution in [2.24, 2.45) is 5.92 Å². The van der Waals surface area contributed by atoms with Crippen LogP contribution in [0.5, 0.6) is 0 Å². The zero-order valence-corrected chi connectivity index (χ0v) is 11.7. The third-order valence-electron chi connectivity index (χ3n) is 2.85. The van der Waals surface area contributed by atoms with E-state index in [9.17, 15) is 4.79 Å². The molecule has 1 aromatic heterocycles. The second-order valence-electron chi connectivity index (χ2n) is 4.34. The topological polar surface area (TPSA) is 54.0 Å². The summed E-state index contributed by atoms with van der Waals surface area (Å²) in [5, 5.41) is 6.95. The molecule has 2 atom stereocenters. The first-order chi connectivity index (χ1) is 7.65. The Balaban J connectivity index is 0.00000144. The van der Waals surface area contributed by atoms with Crippen LogP contribution in [-0.4, -0.2) is 23.5 Å². The number of anilines is 1. The van der Waals surface area contributed by atoms with Crippen molar-refractivity contribution in [1.29, 1.82) is 0 Å². The van der Waals surface area contributed by atoms with Gasteiger partial charge in [0, 0.05) is 23.0 Å². The zero-order chi connectivity index (χ0) is 11.5. The molecule has 0 aliphatic carbocycles. The summed E-state index contributed by atoms with van der Waals surface area (Å²) in [5.74, 6) is 0.239. The molecule has 0 radical (unpaired) electrons. The number of nitrogens with zero attached hydrogens (tertiary/aromatic N) is 1. The summed E-state index contributed by atoms with van der Waals surface area (Å²) >= 11 is 1.52. The van der Waals surface area contributed by atoms with Crippen LogP contribution in [-0.2, 0) is 4.79 Å². The van der Waals surface area contributed by atoms with Crippen molar-refractivity contribution in [2.75, 3.05) is 11.9 Å². The average molecular weight is 276 g/mol. The van der Waals surface area contributed by atoms with Gasteiger partial charge in [0.1, 0.15) is 0 Å². The Morgan fingerprint density at radius 1 is 1.65 bits per heavy atom. The number of aromatic nitrogens is 1. The lowest BCUT2D eigenvalue weighted by atomic mass is 9.93. The quantitative estimate of drug-likeness (QED) is 0.870. The lowest BCUT2D eigenvalue weighted by Crippen LogP contribution is -2.40. The maximum Gasteiger partial charge on any atom is 0.229 e. The van der Waals surface area contributed by atoms with Crippen LogP contribution >= 0.6 is 23.7 Å². The SMILES string of the molecule is Cc1cnc(NC(=O)[C@H]2CCN[C@@H](C)C2)s1.Cl. The largest absolute Gasteiger partial charge is 0.314 e. The summed E-state index contributed by atoms with van der Waals surface area (Å²) in [5.41, 5.74) is 0. The van der Waals surface area contributed by atoms with Crippen LogP contribution in [0.4, 0.5) is 5.13 Å². The van der Waals surface area contributed by atoms with E-state index in [1.165, 1.54) is 11.3 Å². The summed E-state index contributed by atoms with van der Waals surface area (Å²) in [7, 11) is 0. The van der Waals surface area contributed by atoms with Gasteiger partial charge in [0.25, 0.3) is 0 Å². The number of piperidine rings is 1. The third-order valence-corrected chi connectivity index (χ3v) is 3.67. The molecule has 0 bridgehead atoms. The molecule has 1 fully saturated rings. The molecule has 17 heavy (non-hydrogen) atoms.